The molecule has 80 heavy (non-hydrogen) atoms. The molecular weight excluding hydrogens is 1010 g/mol. The minimum absolute atomic E-state index is 0.0819. The second-order valence-electron chi connectivity index (χ2n) is 17.5. The molecule has 2 unspecified atom stereocenters. The Morgan fingerprint density at radius 2 is 0.787 bits per heavy atom. The molecule has 0 amide bonds. The van der Waals surface area contributed by atoms with E-state index >= 15 is 0 Å². The van der Waals surface area contributed by atoms with Crippen LogP contribution in [0.15, 0.2) is 44.3 Å². The first-order valence-electron chi connectivity index (χ1n) is 42.6. The van der Waals surface area contributed by atoms with Gasteiger partial charge in [0.25, 0.3) is 0 Å². The van der Waals surface area contributed by atoms with Crippen LogP contribution < -0.4 is 0 Å². The molecule has 8 aromatic rings. The molecule has 432 valence electrons. The molecule has 0 saturated carbocycles. The summed E-state index contributed by atoms with van der Waals surface area (Å²) in [5.74, 6) is 2.59. The zero-order valence-corrected chi connectivity index (χ0v) is 44.1. The molecule has 16 rings (SSSR count). The highest BCUT2D eigenvalue weighted by atomic mass is 15.5. The van der Waals surface area contributed by atoms with Gasteiger partial charge in [0.1, 0.15) is 85.1 Å². The summed E-state index contributed by atoms with van der Waals surface area (Å²) in [6, 6.07) is 0. The minimum Gasteiger partial charge on any atom is -0.250 e. The monoisotopic (exact) mass is 1130 g/mol. The number of fused-ring (bicyclic) bond motifs is 8. The number of hydrogen-bond acceptors (Lipinski definition) is 17. The van der Waals surface area contributed by atoms with E-state index in [2.05, 4.69) is 86.1 Å². The highest BCUT2D eigenvalue weighted by molar-refractivity contribution is 4.91. The Morgan fingerprint density at radius 1 is 0.287 bits per heavy atom. The Labute approximate surface area is 515 Å². The van der Waals surface area contributed by atoms with Crippen molar-refractivity contribution in [3.8, 4) is 0 Å². The molecule has 0 N–H and O–H groups in total. The predicted octanol–water partition coefficient (Wildman–Crippen LogP) is 7.43. The van der Waals surface area contributed by atoms with E-state index in [1.165, 1.54) is 23.7 Å². The molecule has 25 heteroatoms. The van der Waals surface area contributed by atoms with Crippen LogP contribution in [0, 0.1) is 0 Å². The molecule has 0 bridgehead atoms. The van der Waals surface area contributed by atoms with Crippen molar-refractivity contribution in [3.05, 3.63) is 90.9 Å². The molecule has 2 atom stereocenters. The average Bonchev–Trinajstić information content (AvgIpc) is 1.52. The van der Waals surface area contributed by atoms with Crippen molar-refractivity contribution in [1.29, 1.82) is 0 Å². The fraction of sp³-hybridized carbons (Fsp3) is 0.727. The van der Waals surface area contributed by atoms with Gasteiger partial charge in [-0.25, -0.2) is 39.6 Å². The maximum absolute atomic E-state index is 7.77. The van der Waals surface area contributed by atoms with Crippen LogP contribution in [0.5, 0.6) is 0 Å². The van der Waals surface area contributed by atoms with Crippen molar-refractivity contribution in [1.82, 2.24) is 124 Å². The number of nitrogens with zero attached hydrogens (tertiary/aromatic N) is 25. The normalized spacial score (nSPS) is 35.2. The molecule has 25 nitrogen and oxygen atoms in total. The second-order valence-corrected chi connectivity index (χ2v) is 17.5. The van der Waals surface area contributed by atoms with Crippen molar-refractivity contribution >= 4 is 0 Å². The predicted molar refractivity (Wildman–Crippen MR) is 298 cm³/mol. The third-order valence-corrected chi connectivity index (χ3v) is 12.0. The topological polar surface area (TPSA) is 259 Å². The zero-order chi connectivity index (χ0) is 83.1. The fourth-order valence-electron chi connectivity index (χ4n) is 7.96. The van der Waals surface area contributed by atoms with Gasteiger partial charge in [-0.1, -0.05) is 51.2 Å². The van der Waals surface area contributed by atoms with Gasteiger partial charge in [-0.05, 0) is 113 Å². The van der Waals surface area contributed by atoms with E-state index in [9.17, 15) is 0 Å². The van der Waals surface area contributed by atoms with E-state index in [-0.39, 0.29) is 54.3 Å². The Bertz CT molecular complexity index is 4200. The lowest BCUT2D eigenvalue weighted by atomic mass is 10.2. The third kappa shape index (κ3) is 18.6. The van der Waals surface area contributed by atoms with Crippen LogP contribution in [-0.2, 0) is 103 Å². The smallest absolute Gasteiger partial charge is 0.151 e. The fourth-order valence-corrected chi connectivity index (χ4v) is 7.96. The van der Waals surface area contributed by atoms with Crippen molar-refractivity contribution < 1.29 is 43.9 Å². The summed E-state index contributed by atoms with van der Waals surface area (Å²) in [7, 11) is 0. The number of aromatic nitrogens is 25. The first kappa shape index (κ1) is 29.7. The van der Waals surface area contributed by atoms with Crippen LogP contribution in [0.1, 0.15) is 244 Å². The van der Waals surface area contributed by atoms with Gasteiger partial charge in [0.2, 0.25) is 0 Å². The van der Waals surface area contributed by atoms with Gasteiger partial charge in [0.05, 0.1) is 8.22 Å². The largest absolute Gasteiger partial charge is 0.250 e. The van der Waals surface area contributed by atoms with Gasteiger partial charge in [-0.3, -0.25) is 32.8 Å². The van der Waals surface area contributed by atoms with Crippen LogP contribution in [0.3, 0.4) is 0 Å². The molecule has 0 aliphatic carbocycles. The second kappa shape index (κ2) is 33.0. The van der Waals surface area contributed by atoms with Crippen molar-refractivity contribution in [2.45, 2.75) is 257 Å². The maximum Gasteiger partial charge on any atom is 0.151 e. The first-order valence-corrected chi connectivity index (χ1v) is 26.4. The average molecular weight is 1130 g/mol. The summed E-state index contributed by atoms with van der Waals surface area (Å²) in [5.41, 5.74) is 0. The van der Waals surface area contributed by atoms with Gasteiger partial charge in [-0.2, -0.15) is 35.7 Å². The number of aryl methyl sites for hydroxylation is 16. The molecule has 0 radical (unpaired) electrons. The van der Waals surface area contributed by atoms with Crippen LogP contribution in [0.4, 0.5) is 0 Å². The van der Waals surface area contributed by atoms with Crippen LogP contribution in [-0.4, -0.2) is 124 Å². The lowest BCUT2D eigenvalue weighted by Crippen LogP contribution is -2.02. The lowest BCUT2D eigenvalue weighted by Gasteiger charge is -1.96. The van der Waals surface area contributed by atoms with E-state index in [4.69, 9.17) is 43.9 Å². The van der Waals surface area contributed by atoms with E-state index in [1.807, 2.05) is 9.36 Å². The molecule has 0 fully saturated rings. The summed E-state index contributed by atoms with van der Waals surface area (Å²) in [6.45, 7) is -3.92. The highest BCUT2D eigenvalue weighted by Gasteiger charge is 2.13. The molecule has 0 spiro atoms. The minimum atomic E-state index is -3.46. The van der Waals surface area contributed by atoms with Crippen molar-refractivity contribution in [2.24, 2.45) is 0 Å². The quantitative estimate of drug-likeness (QED) is 0.143. The molecule has 0 saturated heterocycles. The molecular formula is C55H87N25. The number of rotatable bonds is 0. The summed E-state index contributed by atoms with van der Waals surface area (Å²) in [5, 5.41) is 37.8. The van der Waals surface area contributed by atoms with Crippen LogP contribution in [0.2, 0.25) is 0 Å². The van der Waals surface area contributed by atoms with Gasteiger partial charge in [-0.15, -0.1) is 5.10 Å². The number of tetrazole rings is 1. The number of hydrogen-bond donors (Lipinski definition) is 0. The summed E-state index contributed by atoms with van der Waals surface area (Å²) >= 11 is 0. The third-order valence-electron chi connectivity index (χ3n) is 12.0. The Hall–Kier alpha value is -6.95. The van der Waals surface area contributed by atoms with Crippen LogP contribution in [0.25, 0.3) is 0 Å². The van der Waals surface area contributed by atoms with E-state index in [0.29, 0.717) is 50.9 Å². The molecule has 16 heterocycles. The molecule has 8 aromatic heterocycles. The Balaban J connectivity index is 0.000000148. The first-order chi connectivity index (χ1) is 51.6. The molecule has 0 aromatic carbocycles. The van der Waals surface area contributed by atoms with Gasteiger partial charge in [0.15, 0.2) is 5.82 Å². The Kier molecular flexibility index (Phi) is 12.2. The maximum atomic E-state index is 7.77. The van der Waals surface area contributed by atoms with E-state index in [0.717, 1.165) is 110 Å². The molecule has 8 aliphatic heterocycles. The SMILES string of the molecule is [2H]C1([2H])CC([2H])([2H])c2ncnn2C([2H])([2H])C1.[2H]C1([2H])CCCC([2H])([2H])n2ncnc21.[2H]C1([2H])CCCCn2ncnc21.[2H]C1([2H])CCc2nnnn2CC1.[2H]C1([2H])Cc2ncnn2CC([2H])([2H])C1([2H])[2H].[2H]C1([2H])c2ncnn2C([2H])([2H])C([2H])([2H])C([2H])([2H])C1([2H])[2H].[2H]C1CCCCn2ncnc21.[2H]C1CCc2ncnn2CC1. The highest BCUT2D eigenvalue weighted by Crippen LogP contribution is 2.16. The van der Waals surface area contributed by atoms with E-state index < -0.39 is 115 Å². The lowest BCUT2D eigenvalue weighted by molar-refractivity contribution is 0.556. The molecule has 8 aliphatic rings. The van der Waals surface area contributed by atoms with Crippen molar-refractivity contribution in [2.75, 3.05) is 0 Å². The summed E-state index contributed by atoms with van der Waals surface area (Å²) < 4.78 is 256. The Morgan fingerprint density at radius 3 is 1.52 bits per heavy atom. The standard InChI is InChI=1S/7C7H11N3.C6H10N4/c7*1-2-4-7-8-6-9-10(7)5-3-1;1-2-4-6-7-8-9-10(6)5-3-1/h7*6H,1-5H2;1-5H2/i1D2,2D2,3D2,4D2,5D2;1D2,4D2,5D2;1D2,2D2,3D2;4D2,5D2;4D2;4D;1D;1D2. The van der Waals surface area contributed by atoms with Gasteiger partial charge < -0.3 is 0 Å². The summed E-state index contributed by atoms with van der Waals surface area (Å²) in [6.07, 6.45) is -9.52. The zero-order valence-electron chi connectivity index (χ0n) is 76.1. The van der Waals surface area contributed by atoms with E-state index in [1.54, 1.807) is 22.0 Å². The van der Waals surface area contributed by atoms with Gasteiger partial charge >= 0.3 is 0 Å². The summed E-state index contributed by atoms with van der Waals surface area (Å²) in [4.78, 5) is 26.9. The van der Waals surface area contributed by atoms with Crippen LogP contribution >= 0.6 is 0 Å². The van der Waals surface area contributed by atoms with Crippen molar-refractivity contribution in [3.63, 3.8) is 0 Å². The van der Waals surface area contributed by atoms with Gasteiger partial charge in [0, 0.05) is 139 Å².